The molecule has 6 nitrogen and oxygen atoms in total. The Labute approximate surface area is 118 Å². The second-order valence-corrected chi connectivity index (χ2v) is 4.87. The van der Waals surface area contributed by atoms with E-state index in [0.29, 0.717) is 23.7 Å². The van der Waals surface area contributed by atoms with Crippen molar-refractivity contribution in [1.82, 2.24) is 4.98 Å². The predicted molar refractivity (Wildman–Crippen MR) is 76.7 cm³/mol. The van der Waals surface area contributed by atoms with Gasteiger partial charge in [-0.05, 0) is 32.8 Å². The van der Waals surface area contributed by atoms with E-state index in [4.69, 9.17) is 15.2 Å². The molecule has 6 heteroatoms. The highest BCUT2D eigenvalue weighted by Gasteiger charge is 2.24. The zero-order valence-corrected chi connectivity index (χ0v) is 11.9. The zero-order chi connectivity index (χ0) is 14.5. The molecule has 0 aliphatic carbocycles. The zero-order valence-electron chi connectivity index (χ0n) is 11.9. The summed E-state index contributed by atoms with van der Waals surface area (Å²) in [6, 6.07) is 1.65. The van der Waals surface area contributed by atoms with Crippen molar-refractivity contribution in [1.29, 1.82) is 0 Å². The number of esters is 1. The average molecular weight is 279 g/mol. The summed E-state index contributed by atoms with van der Waals surface area (Å²) >= 11 is 0. The highest BCUT2D eigenvalue weighted by atomic mass is 16.5. The first-order chi connectivity index (χ1) is 9.61. The largest absolute Gasteiger partial charge is 0.462 e. The van der Waals surface area contributed by atoms with Gasteiger partial charge in [-0.15, -0.1) is 0 Å². The molecule has 1 aliphatic heterocycles. The van der Waals surface area contributed by atoms with Crippen LogP contribution >= 0.6 is 0 Å². The Hall–Kier alpha value is -1.82. The number of hydrogen-bond acceptors (Lipinski definition) is 6. The molecule has 0 saturated carbocycles. The van der Waals surface area contributed by atoms with E-state index in [-0.39, 0.29) is 12.1 Å². The monoisotopic (exact) mass is 279 g/mol. The second-order valence-electron chi connectivity index (χ2n) is 4.87. The van der Waals surface area contributed by atoms with E-state index in [1.807, 2.05) is 6.92 Å². The van der Waals surface area contributed by atoms with Gasteiger partial charge in [0.1, 0.15) is 11.4 Å². The van der Waals surface area contributed by atoms with Gasteiger partial charge in [-0.2, -0.15) is 0 Å². The van der Waals surface area contributed by atoms with Crippen LogP contribution in [0, 0.1) is 0 Å². The van der Waals surface area contributed by atoms with E-state index >= 15 is 0 Å². The van der Waals surface area contributed by atoms with Gasteiger partial charge < -0.3 is 20.5 Å². The molecule has 0 spiro atoms. The van der Waals surface area contributed by atoms with Crippen LogP contribution < -0.4 is 11.1 Å². The van der Waals surface area contributed by atoms with Crippen LogP contribution in [0.5, 0.6) is 0 Å². The number of pyridine rings is 1. The molecule has 1 aliphatic rings. The number of rotatable bonds is 5. The Morgan fingerprint density at radius 2 is 2.50 bits per heavy atom. The molecule has 1 saturated heterocycles. The van der Waals surface area contributed by atoms with Gasteiger partial charge in [0.15, 0.2) is 0 Å². The molecule has 3 N–H and O–H groups in total. The number of nitrogen functional groups attached to an aromatic ring is 1. The van der Waals surface area contributed by atoms with Crippen LogP contribution in [0.3, 0.4) is 0 Å². The fourth-order valence-electron chi connectivity index (χ4n) is 2.27. The van der Waals surface area contributed by atoms with Crippen LogP contribution in [-0.2, 0) is 9.47 Å². The molecule has 0 bridgehead atoms. The van der Waals surface area contributed by atoms with Gasteiger partial charge in [-0.3, -0.25) is 0 Å². The number of carbonyl (C=O) groups excluding carboxylic acids is 1. The molecule has 2 heterocycles. The van der Waals surface area contributed by atoms with E-state index in [9.17, 15) is 4.79 Å². The number of carbonyl (C=O) groups is 1. The van der Waals surface area contributed by atoms with Crippen molar-refractivity contribution in [3.63, 3.8) is 0 Å². The van der Waals surface area contributed by atoms with Crippen LogP contribution in [0.2, 0.25) is 0 Å². The molecule has 2 atom stereocenters. The van der Waals surface area contributed by atoms with Crippen molar-refractivity contribution in [2.24, 2.45) is 0 Å². The third-order valence-electron chi connectivity index (χ3n) is 3.29. The van der Waals surface area contributed by atoms with E-state index in [0.717, 1.165) is 19.4 Å². The molecular weight excluding hydrogens is 258 g/mol. The lowest BCUT2D eigenvalue weighted by molar-refractivity contribution is 0.0526. The van der Waals surface area contributed by atoms with Gasteiger partial charge in [0.2, 0.25) is 0 Å². The number of ether oxygens (including phenoxy) is 2. The Kier molecular flexibility index (Phi) is 4.79. The van der Waals surface area contributed by atoms with Crippen molar-refractivity contribution in [3.8, 4) is 0 Å². The van der Waals surface area contributed by atoms with Gasteiger partial charge in [-0.25, -0.2) is 9.78 Å². The Balaban J connectivity index is 2.15. The highest BCUT2D eigenvalue weighted by Crippen LogP contribution is 2.22. The minimum absolute atomic E-state index is 0.0711. The molecule has 0 amide bonds. The molecule has 2 unspecified atom stereocenters. The fourth-order valence-corrected chi connectivity index (χ4v) is 2.27. The van der Waals surface area contributed by atoms with Gasteiger partial charge >= 0.3 is 5.97 Å². The summed E-state index contributed by atoms with van der Waals surface area (Å²) in [5.74, 6) is 0.0648. The van der Waals surface area contributed by atoms with E-state index in [2.05, 4.69) is 10.3 Å². The number of hydrogen-bond donors (Lipinski definition) is 2. The van der Waals surface area contributed by atoms with Crippen molar-refractivity contribution < 1.29 is 14.3 Å². The van der Waals surface area contributed by atoms with Crippen molar-refractivity contribution in [2.45, 2.75) is 38.8 Å². The Morgan fingerprint density at radius 1 is 1.70 bits per heavy atom. The maximum atomic E-state index is 11.9. The number of aromatic nitrogens is 1. The molecule has 2 rings (SSSR count). The van der Waals surface area contributed by atoms with Gasteiger partial charge in [0.25, 0.3) is 0 Å². The SMILES string of the molecule is CCOC(=O)c1cc(N)cnc1NC(C)C1CCCO1. The van der Waals surface area contributed by atoms with Crippen LogP contribution in [0.4, 0.5) is 11.5 Å². The number of nitrogens with zero attached hydrogens (tertiary/aromatic N) is 1. The lowest BCUT2D eigenvalue weighted by Crippen LogP contribution is -2.31. The van der Waals surface area contributed by atoms with Crippen molar-refractivity contribution >= 4 is 17.5 Å². The summed E-state index contributed by atoms with van der Waals surface area (Å²) in [5.41, 5.74) is 6.48. The molecule has 1 aromatic rings. The third kappa shape index (κ3) is 3.39. The van der Waals surface area contributed by atoms with Gasteiger partial charge in [0.05, 0.1) is 30.6 Å². The number of nitrogens with two attached hydrogens (primary N) is 1. The standard InChI is InChI=1S/C14H21N3O3/c1-3-19-14(18)11-7-10(15)8-16-13(11)17-9(2)12-5-4-6-20-12/h7-9,12H,3-6,15H2,1-2H3,(H,16,17). The van der Waals surface area contributed by atoms with Crippen molar-refractivity contribution in [3.05, 3.63) is 17.8 Å². The second kappa shape index (κ2) is 6.56. The summed E-state index contributed by atoms with van der Waals surface area (Å²) in [5, 5.41) is 3.23. The summed E-state index contributed by atoms with van der Waals surface area (Å²) < 4.78 is 10.7. The van der Waals surface area contributed by atoms with Crippen LogP contribution in [0.15, 0.2) is 12.3 Å². The van der Waals surface area contributed by atoms with E-state index in [1.54, 1.807) is 13.0 Å². The first-order valence-electron chi connectivity index (χ1n) is 6.92. The van der Waals surface area contributed by atoms with Gasteiger partial charge in [0, 0.05) is 6.61 Å². The fraction of sp³-hybridized carbons (Fsp3) is 0.571. The first kappa shape index (κ1) is 14.6. The highest BCUT2D eigenvalue weighted by molar-refractivity contribution is 5.95. The van der Waals surface area contributed by atoms with Crippen LogP contribution in [-0.4, -0.2) is 36.3 Å². The van der Waals surface area contributed by atoms with Gasteiger partial charge in [-0.1, -0.05) is 0 Å². The molecule has 0 radical (unpaired) electrons. The first-order valence-corrected chi connectivity index (χ1v) is 6.92. The predicted octanol–water partition coefficient (Wildman–Crippen LogP) is 1.82. The Morgan fingerprint density at radius 3 is 3.15 bits per heavy atom. The van der Waals surface area contributed by atoms with Crippen molar-refractivity contribution in [2.75, 3.05) is 24.3 Å². The summed E-state index contributed by atoms with van der Waals surface area (Å²) in [4.78, 5) is 16.1. The molecule has 0 aromatic carbocycles. The molecule has 1 aromatic heterocycles. The molecular formula is C14H21N3O3. The van der Waals surface area contributed by atoms with E-state index in [1.165, 1.54) is 6.20 Å². The minimum atomic E-state index is -0.422. The average Bonchev–Trinajstić information content (AvgIpc) is 2.95. The summed E-state index contributed by atoms with van der Waals surface area (Å²) in [6.45, 7) is 4.88. The molecule has 1 fully saturated rings. The van der Waals surface area contributed by atoms with Crippen LogP contribution in [0.1, 0.15) is 37.0 Å². The lowest BCUT2D eigenvalue weighted by atomic mass is 10.1. The number of nitrogens with one attached hydrogen (secondary N) is 1. The van der Waals surface area contributed by atoms with Crippen LogP contribution in [0.25, 0.3) is 0 Å². The maximum Gasteiger partial charge on any atom is 0.341 e. The molecule has 20 heavy (non-hydrogen) atoms. The quantitative estimate of drug-likeness (QED) is 0.799. The summed E-state index contributed by atoms with van der Waals surface area (Å²) in [7, 11) is 0. The molecule has 110 valence electrons. The maximum absolute atomic E-state index is 11.9. The minimum Gasteiger partial charge on any atom is -0.462 e. The lowest BCUT2D eigenvalue weighted by Gasteiger charge is -2.21. The normalized spacial score (nSPS) is 19.6. The Bertz CT molecular complexity index is 473. The summed E-state index contributed by atoms with van der Waals surface area (Å²) in [6.07, 6.45) is 3.74. The third-order valence-corrected chi connectivity index (χ3v) is 3.29. The topological polar surface area (TPSA) is 86.5 Å². The van der Waals surface area contributed by atoms with E-state index < -0.39 is 5.97 Å². The smallest absolute Gasteiger partial charge is 0.341 e. The number of anilines is 2.